The number of rotatable bonds is 3. The maximum absolute atomic E-state index is 10.7. The zero-order chi connectivity index (χ0) is 14.3. The maximum atomic E-state index is 10.7. The summed E-state index contributed by atoms with van der Waals surface area (Å²) < 4.78 is 5.74. The predicted molar refractivity (Wildman–Crippen MR) is 81.5 cm³/mol. The van der Waals surface area contributed by atoms with E-state index in [2.05, 4.69) is 11.8 Å². The molecule has 0 N–H and O–H groups in total. The van der Waals surface area contributed by atoms with Gasteiger partial charge in [0.25, 0.3) is 0 Å². The summed E-state index contributed by atoms with van der Waals surface area (Å²) in [6.07, 6.45) is 0.727. The molecule has 0 unspecified atom stereocenters. The number of benzene rings is 1. The lowest BCUT2D eigenvalue weighted by molar-refractivity contribution is -0.109. The van der Waals surface area contributed by atoms with Crippen LogP contribution in [0.2, 0.25) is 0 Å². The van der Waals surface area contributed by atoms with Crippen molar-refractivity contribution in [1.29, 1.82) is 0 Å². The summed E-state index contributed by atoms with van der Waals surface area (Å²) in [6.45, 7) is 7.64. The Bertz CT molecular complexity index is 472. The third kappa shape index (κ3) is 7.58. The smallest absolute Gasteiger partial charge is 0.185 e. The molecule has 0 radical (unpaired) electrons. The molecule has 0 atom stereocenters. The van der Waals surface area contributed by atoms with Crippen molar-refractivity contribution >= 4 is 16.9 Å². The Labute approximate surface area is 119 Å². The first kappa shape index (κ1) is 15.7. The summed E-state index contributed by atoms with van der Waals surface area (Å²) >= 11 is 1.31. The van der Waals surface area contributed by atoms with E-state index >= 15 is 0 Å². The minimum Gasteiger partial charge on any atom is -0.488 e. The van der Waals surface area contributed by atoms with E-state index in [1.54, 1.807) is 6.92 Å². The lowest BCUT2D eigenvalue weighted by Gasteiger charge is -2.21. The second-order valence-electron chi connectivity index (χ2n) is 5.13. The van der Waals surface area contributed by atoms with Gasteiger partial charge in [0, 0.05) is 24.7 Å². The van der Waals surface area contributed by atoms with Gasteiger partial charge in [-0.15, -0.1) is 0 Å². The molecule has 102 valence electrons. The summed E-state index contributed by atoms with van der Waals surface area (Å²) in [5.74, 6) is 7.75. The van der Waals surface area contributed by atoms with Crippen LogP contribution in [0.5, 0.6) is 5.75 Å². The average molecular weight is 276 g/mol. The zero-order valence-electron chi connectivity index (χ0n) is 11.9. The highest BCUT2D eigenvalue weighted by Crippen LogP contribution is 2.18. The van der Waals surface area contributed by atoms with Crippen molar-refractivity contribution in [2.75, 3.05) is 5.75 Å². The van der Waals surface area contributed by atoms with Gasteiger partial charge in [0.15, 0.2) is 5.12 Å². The Balaban J connectivity index is 2.48. The van der Waals surface area contributed by atoms with Gasteiger partial charge in [0.05, 0.1) is 0 Å². The highest BCUT2D eigenvalue weighted by Gasteiger charge is 2.10. The molecule has 0 heterocycles. The molecule has 3 heteroatoms. The van der Waals surface area contributed by atoms with E-state index in [1.165, 1.54) is 11.8 Å². The second kappa shape index (κ2) is 7.25. The van der Waals surface area contributed by atoms with Crippen molar-refractivity contribution < 1.29 is 9.53 Å². The van der Waals surface area contributed by atoms with Crippen LogP contribution in [0, 0.1) is 11.8 Å². The summed E-state index contributed by atoms with van der Waals surface area (Å²) in [4.78, 5) is 10.7. The van der Waals surface area contributed by atoms with Crippen molar-refractivity contribution in [3.63, 3.8) is 0 Å². The van der Waals surface area contributed by atoms with Gasteiger partial charge in [-0.2, -0.15) is 0 Å². The molecule has 1 aromatic carbocycles. The van der Waals surface area contributed by atoms with Gasteiger partial charge in [-0.3, -0.25) is 4.79 Å². The fourth-order valence-electron chi connectivity index (χ4n) is 1.37. The van der Waals surface area contributed by atoms with Crippen LogP contribution in [0.1, 0.15) is 39.7 Å². The summed E-state index contributed by atoms with van der Waals surface area (Å²) in [5, 5.41) is 0.144. The Morgan fingerprint density at radius 3 is 2.42 bits per heavy atom. The predicted octanol–water partition coefficient (Wildman–Crippen LogP) is 3.89. The Kier molecular flexibility index (Phi) is 5.98. The van der Waals surface area contributed by atoms with Gasteiger partial charge in [-0.1, -0.05) is 23.6 Å². The molecule has 0 saturated carbocycles. The van der Waals surface area contributed by atoms with Gasteiger partial charge >= 0.3 is 0 Å². The molecule has 0 bridgehead atoms. The molecule has 0 saturated heterocycles. The van der Waals surface area contributed by atoms with Crippen LogP contribution in [0.25, 0.3) is 0 Å². The number of carbonyl (C=O) groups is 1. The number of thioether (sulfide) groups is 1. The van der Waals surface area contributed by atoms with Crippen LogP contribution in [0.4, 0.5) is 0 Å². The van der Waals surface area contributed by atoms with Gasteiger partial charge in [-0.05, 0) is 45.0 Å². The van der Waals surface area contributed by atoms with Crippen molar-refractivity contribution in [1.82, 2.24) is 0 Å². The van der Waals surface area contributed by atoms with E-state index in [0.29, 0.717) is 0 Å². The van der Waals surface area contributed by atoms with E-state index in [1.807, 2.05) is 45.0 Å². The summed E-state index contributed by atoms with van der Waals surface area (Å²) in [5.41, 5.74) is 0.783. The lowest BCUT2D eigenvalue weighted by Crippen LogP contribution is -2.22. The third-order valence-electron chi connectivity index (χ3n) is 2.04. The van der Waals surface area contributed by atoms with E-state index in [9.17, 15) is 4.79 Å². The van der Waals surface area contributed by atoms with Crippen LogP contribution >= 0.6 is 11.8 Å². The molecule has 1 rings (SSSR count). The first-order chi connectivity index (χ1) is 8.87. The van der Waals surface area contributed by atoms with E-state index in [4.69, 9.17) is 4.74 Å². The zero-order valence-corrected chi connectivity index (χ0v) is 12.8. The maximum Gasteiger partial charge on any atom is 0.185 e. The molecular formula is C16H20O2S. The highest BCUT2D eigenvalue weighted by atomic mass is 32.2. The fraction of sp³-hybridized carbons (Fsp3) is 0.438. The Morgan fingerprint density at radius 2 is 1.89 bits per heavy atom. The molecule has 0 aliphatic rings. The number of hydrogen-bond acceptors (Lipinski definition) is 3. The molecule has 1 aromatic rings. The quantitative estimate of drug-likeness (QED) is 0.619. The van der Waals surface area contributed by atoms with Crippen molar-refractivity contribution in [2.24, 2.45) is 0 Å². The van der Waals surface area contributed by atoms with Gasteiger partial charge < -0.3 is 4.74 Å². The summed E-state index contributed by atoms with van der Waals surface area (Å²) in [7, 11) is 0. The molecule has 0 aromatic heterocycles. The largest absolute Gasteiger partial charge is 0.488 e. The standard InChI is InChI=1S/C16H20O2S/c1-13(17)19-12-6-5-7-14-8-10-15(11-9-14)18-16(2,3)4/h8-11H,6,12H2,1-4H3. The molecule has 0 spiro atoms. The minimum atomic E-state index is -0.183. The first-order valence-electron chi connectivity index (χ1n) is 6.28. The van der Waals surface area contributed by atoms with Gasteiger partial charge in [-0.25, -0.2) is 0 Å². The topological polar surface area (TPSA) is 26.3 Å². The van der Waals surface area contributed by atoms with E-state index in [0.717, 1.165) is 23.5 Å². The number of hydrogen-bond donors (Lipinski definition) is 0. The molecule has 0 amide bonds. The lowest BCUT2D eigenvalue weighted by atomic mass is 10.1. The van der Waals surface area contributed by atoms with Crippen molar-refractivity contribution in [3.05, 3.63) is 29.8 Å². The van der Waals surface area contributed by atoms with Crippen LogP contribution in [-0.4, -0.2) is 16.5 Å². The molecule has 19 heavy (non-hydrogen) atoms. The van der Waals surface area contributed by atoms with Crippen LogP contribution in [0.15, 0.2) is 24.3 Å². The highest BCUT2D eigenvalue weighted by molar-refractivity contribution is 8.13. The SMILES string of the molecule is CC(=O)SCCC#Cc1ccc(OC(C)(C)C)cc1. The number of ether oxygens (including phenoxy) is 1. The first-order valence-corrected chi connectivity index (χ1v) is 7.27. The second-order valence-corrected chi connectivity index (χ2v) is 6.40. The fourth-order valence-corrected chi connectivity index (χ4v) is 1.86. The summed E-state index contributed by atoms with van der Waals surface area (Å²) in [6, 6.07) is 7.76. The minimum absolute atomic E-state index is 0.144. The van der Waals surface area contributed by atoms with Crippen molar-refractivity contribution in [2.45, 2.75) is 39.7 Å². The van der Waals surface area contributed by atoms with Gasteiger partial charge in [0.1, 0.15) is 11.4 Å². The number of carbonyl (C=O) groups excluding carboxylic acids is 1. The monoisotopic (exact) mass is 276 g/mol. The van der Waals surface area contributed by atoms with E-state index < -0.39 is 0 Å². The Hall–Kier alpha value is -1.40. The van der Waals surface area contributed by atoms with Crippen LogP contribution in [0.3, 0.4) is 0 Å². The Morgan fingerprint density at radius 1 is 1.26 bits per heavy atom. The molecule has 2 nitrogen and oxygen atoms in total. The molecule has 0 fully saturated rings. The molecule has 0 aliphatic heterocycles. The van der Waals surface area contributed by atoms with Crippen LogP contribution in [-0.2, 0) is 4.79 Å². The molecule has 0 aliphatic carbocycles. The normalized spacial score (nSPS) is 10.5. The van der Waals surface area contributed by atoms with Crippen molar-refractivity contribution in [3.8, 4) is 17.6 Å². The van der Waals surface area contributed by atoms with Crippen LogP contribution < -0.4 is 4.74 Å². The molecular weight excluding hydrogens is 256 g/mol. The average Bonchev–Trinajstić information content (AvgIpc) is 2.28. The van der Waals surface area contributed by atoms with E-state index in [-0.39, 0.29) is 10.7 Å². The third-order valence-corrected chi connectivity index (χ3v) is 2.86. The van der Waals surface area contributed by atoms with Gasteiger partial charge in [0.2, 0.25) is 0 Å².